The van der Waals surface area contributed by atoms with Crippen molar-refractivity contribution in [2.75, 3.05) is 13.2 Å². The normalized spacial score (nSPS) is 15.0. The Morgan fingerprint density at radius 2 is 1.77 bits per heavy atom. The van der Waals surface area contributed by atoms with Crippen molar-refractivity contribution >= 4 is 18.1 Å². The summed E-state index contributed by atoms with van der Waals surface area (Å²) in [5.74, 6) is 1.36. The summed E-state index contributed by atoms with van der Waals surface area (Å²) in [4.78, 5) is 9.79. The summed E-state index contributed by atoms with van der Waals surface area (Å²) in [5.41, 5.74) is 9.49. The molecule has 3 aromatic rings. The molecule has 30 heavy (non-hydrogen) atoms. The van der Waals surface area contributed by atoms with Gasteiger partial charge in [-0.05, 0) is 17.7 Å². The van der Waals surface area contributed by atoms with Crippen LogP contribution in [0.25, 0.3) is 11.1 Å². The fourth-order valence-corrected chi connectivity index (χ4v) is 3.07. The van der Waals surface area contributed by atoms with Crippen LogP contribution in [0.4, 0.5) is 0 Å². The third-order valence-electron chi connectivity index (χ3n) is 4.62. The van der Waals surface area contributed by atoms with E-state index in [4.69, 9.17) is 20.0 Å². The first-order chi connectivity index (χ1) is 14.3. The standard InChI is InChI=1S/C23H23N3O3.ClH/c24-13-19-12-20(29-26-19)16-27-22-9-5-4-8-21(22)18-10-11-23(25-14-18)28-15-17-6-2-1-3-7-17;/h1-11,14,20H,12-13,15-16,24H2;1H. The molecule has 0 saturated heterocycles. The third-order valence-corrected chi connectivity index (χ3v) is 4.62. The van der Waals surface area contributed by atoms with Crippen molar-refractivity contribution in [2.45, 2.75) is 19.1 Å². The molecule has 1 atom stereocenters. The highest BCUT2D eigenvalue weighted by atomic mass is 35.5. The van der Waals surface area contributed by atoms with Crippen molar-refractivity contribution in [3.8, 4) is 22.8 Å². The van der Waals surface area contributed by atoms with Crippen molar-refractivity contribution in [1.82, 2.24) is 4.98 Å². The van der Waals surface area contributed by atoms with E-state index in [0.29, 0.717) is 32.1 Å². The van der Waals surface area contributed by atoms with E-state index in [2.05, 4.69) is 10.1 Å². The van der Waals surface area contributed by atoms with Gasteiger partial charge in [-0.1, -0.05) is 53.7 Å². The first kappa shape index (κ1) is 21.6. The van der Waals surface area contributed by atoms with E-state index >= 15 is 0 Å². The molecule has 156 valence electrons. The first-order valence-electron chi connectivity index (χ1n) is 9.58. The smallest absolute Gasteiger partial charge is 0.213 e. The van der Waals surface area contributed by atoms with Crippen LogP contribution in [0.5, 0.6) is 11.6 Å². The number of halogens is 1. The number of para-hydroxylation sites is 1. The summed E-state index contributed by atoms with van der Waals surface area (Å²) in [6.07, 6.45) is 2.39. The number of hydrogen-bond donors (Lipinski definition) is 1. The van der Waals surface area contributed by atoms with Crippen LogP contribution in [0.3, 0.4) is 0 Å². The molecule has 0 spiro atoms. The van der Waals surface area contributed by atoms with Gasteiger partial charge >= 0.3 is 0 Å². The number of pyridine rings is 1. The molecule has 1 aliphatic heterocycles. The molecule has 0 fully saturated rings. The van der Waals surface area contributed by atoms with Gasteiger partial charge in [-0.25, -0.2) is 4.98 Å². The predicted molar refractivity (Wildman–Crippen MR) is 119 cm³/mol. The second-order valence-electron chi connectivity index (χ2n) is 6.76. The Morgan fingerprint density at radius 3 is 2.50 bits per heavy atom. The van der Waals surface area contributed by atoms with E-state index < -0.39 is 0 Å². The summed E-state index contributed by atoms with van der Waals surface area (Å²) in [5, 5.41) is 3.97. The lowest BCUT2D eigenvalue weighted by Gasteiger charge is -2.14. The van der Waals surface area contributed by atoms with Crippen molar-refractivity contribution < 1.29 is 14.3 Å². The number of aromatic nitrogens is 1. The number of nitrogens with zero attached hydrogens (tertiary/aromatic N) is 2. The Balaban J connectivity index is 0.00000256. The van der Waals surface area contributed by atoms with Crippen LogP contribution in [0.2, 0.25) is 0 Å². The van der Waals surface area contributed by atoms with Gasteiger partial charge in [0.1, 0.15) is 19.0 Å². The van der Waals surface area contributed by atoms with Gasteiger partial charge < -0.3 is 20.0 Å². The number of ether oxygens (including phenoxy) is 2. The number of hydrogen-bond acceptors (Lipinski definition) is 6. The van der Waals surface area contributed by atoms with E-state index in [1.165, 1.54) is 0 Å². The fourth-order valence-electron chi connectivity index (χ4n) is 3.07. The van der Waals surface area contributed by atoms with Gasteiger partial charge in [0.15, 0.2) is 6.10 Å². The Morgan fingerprint density at radius 1 is 0.967 bits per heavy atom. The van der Waals surface area contributed by atoms with Crippen LogP contribution in [0.15, 0.2) is 78.1 Å². The molecule has 0 saturated carbocycles. The summed E-state index contributed by atoms with van der Waals surface area (Å²) in [6, 6.07) is 21.7. The van der Waals surface area contributed by atoms with Crippen LogP contribution in [0.1, 0.15) is 12.0 Å². The summed E-state index contributed by atoms with van der Waals surface area (Å²) >= 11 is 0. The monoisotopic (exact) mass is 425 g/mol. The van der Waals surface area contributed by atoms with Crippen molar-refractivity contribution in [3.63, 3.8) is 0 Å². The highest BCUT2D eigenvalue weighted by Crippen LogP contribution is 2.30. The van der Waals surface area contributed by atoms with Gasteiger partial charge in [0.25, 0.3) is 0 Å². The minimum Gasteiger partial charge on any atom is -0.489 e. The SMILES string of the molecule is Cl.NCC1=NOC(COc2ccccc2-c2ccc(OCc3ccccc3)nc2)C1. The van der Waals surface area contributed by atoms with Crippen LogP contribution in [-0.4, -0.2) is 30.0 Å². The molecule has 4 rings (SSSR count). The van der Waals surface area contributed by atoms with E-state index in [1.54, 1.807) is 6.20 Å². The number of benzene rings is 2. The lowest BCUT2D eigenvalue weighted by atomic mass is 10.1. The van der Waals surface area contributed by atoms with Gasteiger partial charge in [0, 0.05) is 36.4 Å². The molecular weight excluding hydrogens is 402 g/mol. The quantitative estimate of drug-likeness (QED) is 0.584. The van der Waals surface area contributed by atoms with Crippen molar-refractivity contribution in [3.05, 3.63) is 78.5 Å². The largest absolute Gasteiger partial charge is 0.489 e. The third kappa shape index (κ3) is 5.49. The van der Waals surface area contributed by atoms with Crippen LogP contribution < -0.4 is 15.2 Å². The van der Waals surface area contributed by atoms with E-state index in [1.807, 2.05) is 66.7 Å². The molecule has 2 heterocycles. The summed E-state index contributed by atoms with van der Waals surface area (Å²) < 4.78 is 11.8. The number of oxime groups is 1. The highest BCUT2D eigenvalue weighted by Gasteiger charge is 2.21. The van der Waals surface area contributed by atoms with Gasteiger partial charge in [-0.15, -0.1) is 12.4 Å². The Labute approximate surface area is 182 Å². The van der Waals surface area contributed by atoms with Gasteiger partial charge in [0.05, 0.1) is 5.71 Å². The Bertz CT molecular complexity index is 965. The minimum atomic E-state index is -0.103. The summed E-state index contributed by atoms with van der Waals surface area (Å²) in [7, 11) is 0. The Kier molecular flexibility index (Phi) is 7.65. The van der Waals surface area contributed by atoms with Crippen LogP contribution in [0, 0.1) is 0 Å². The van der Waals surface area contributed by atoms with E-state index in [0.717, 1.165) is 28.2 Å². The second-order valence-corrected chi connectivity index (χ2v) is 6.76. The zero-order valence-corrected chi connectivity index (χ0v) is 17.3. The minimum absolute atomic E-state index is 0. The zero-order chi connectivity index (χ0) is 19.9. The average Bonchev–Trinajstić information content (AvgIpc) is 3.26. The highest BCUT2D eigenvalue weighted by molar-refractivity contribution is 5.87. The molecule has 1 aliphatic rings. The average molecular weight is 426 g/mol. The maximum atomic E-state index is 6.01. The maximum Gasteiger partial charge on any atom is 0.213 e. The molecular formula is C23H24ClN3O3. The molecule has 0 radical (unpaired) electrons. The van der Waals surface area contributed by atoms with Crippen LogP contribution in [-0.2, 0) is 11.4 Å². The summed E-state index contributed by atoms with van der Waals surface area (Å²) in [6.45, 7) is 1.31. The topological polar surface area (TPSA) is 79.0 Å². The van der Waals surface area contributed by atoms with E-state index in [9.17, 15) is 0 Å². The molecule has 1 unspecified atom stereocenters. The molecule has 6 nitrogen and oxygen atoms in total. The molecule has 0 bridgehead atoms. The maximum absolute atomic E-state index is 6.01. The molecule has 0 amide bonds. The molecule has 2 aromatic carbocycles. The predicted octanol–water partition coefficient (Wildman–Crippen LogP) is 4.23. The van der Waals surface area contributed by atoms with Crippen molar-refractivity contribution in [1.29, 1.82) is 0 Å². The molecule has 2 N–H and O–H groups in total. The lowest BCUT2D eigenvalue weighted by Crippen LogP contribution is -2.20. The van der Waals surface area contributed by atoms with Gasteiger partial charge in [-0.3, -0.25) is 0 Å². The van der Waals surface area contributed by atoms with Crippen LogP contribution >= 0.6 is 12.4 Å². The second kappa shape index (κ2) is 10.6. The molecule has 1 aromatic heterocycles. The first-order valence-corrected chi connectivity index (χ1v) is 9.58. The van der Waals surface area contributed by atoms with Gasteiger partial charge in [0.2, 0.25) is 5.88 Å². The fraction of sp³-hybridized carbons (Fsp3) is 0.217. The van der Waals surface area contributed by atoms with Crippen molar-refractivity contribution in [2.24, 2.45) is 10.9 Å². The van der Waals surface area contributed by atoms with E-state index in [-0.39, 0.29) is 18.5 Å². The molecule has 0 aliphatic carbocycles. The lowest BCUT2D eigenvalue weighted by molar-refractivity contribution is 0.0472. The Hall–Kier alpha value is -3.09. The number of rotatable bonds is 8. The zero-order valence-electron chi connectivity index (χ0n) is 16.4. The van der Waals surface area contributed by atoms with Gasteiger partial charge in [-0.2, -0.15) is 0 Å². The molecule has 7 heteroatoms. The number of nitrogens with two attached hydrogens (primary N) is 1.